The molecule has 0 radical (unpaired) electrons. The van der Waals surface area contributed by atoms with E-state index in [0.29, 0.717) is 24.8 Å². The molecule has 1 aromatic heterocycles. The normalized spacial score (nSPS) is 14.6. The molecule has 0 fully saturated rings. The first-order chi connectivity index (χ1) is 11.1. The Hall–Kier alpha value is -0.310. The molecule has 0 bridgehead atoms. The first-order valence-corrected chi connectivity index (χ1v) is 10.3. The van der Waals surface area contributed by atoms with E-state index in [-0.39, 0.29) is 6.61 Å². The third-order valence-corrected chi connectivity index (χ3v) is 7.00. The highest BCUT2D eigenvalue weighted by Gasteiger charge is 2.28. The van der Waals surface area contributed by atoms with Crippen LogP contribution in [0.15, 0.2) is 28.7 Å². The summed E-state index contributed by atoms with van der Waals surface area (Å²) in [7, 11) is -1.40. The van der Waals surface area contributed by atoms with Crippen molar-refractivity contribution in [3.63, 3.8) is 0 Å². The average Bonchev–Trinajstić information content (AvgIpc) is 2.87. The molecule has 0 aliphatic heterocycles. The molecule has 0 saturated heterocycles. The fourth-order valence-corrected chi connectivity index (χ4v) is 4.59. The molecule has 8 heteroatoms. The van der Waals surface area contributed by atoms with E-state index in [2.05, 4.69) is 20.7 Å². The number of nitrogens with one attached hydrogen (secondary N) is 1. The van der Waals surface area contributed by atoms with Crippen LogP contribution in [-0.2, 0) is 17.6 Å². The first-order valence-electron chi connectivity index (χ1n) is 7.16. The Morgan fingerprint density at radius 3 is 2.67 bits per heavy atom. The van der Waals surface area contributed by atoms with Gasteiger partial charge in [0.2, 0.25) is 0 Å². The third-order valence-electron chi connectivity index (χ3n) is 3.34. The van der Waals surface area contributed by atoms with E-state index in [0.717, 1.165) is 0 Å². The smallest absolute Gasteiger partial charge is 0.137 e. The molecule has 2 rings (SSSR count). The molecular weight excluding hydrogens is 437 g/mol. The second kappa shape index (κ2) is 7.93. The molecule has 0 spiro atoms. The third kappa shape index (κ3) is 4.45. The summed E-state index contributed by atoms with van der Waals surface area (Å²) in [5, 5.41) is 9.61. The van der Waals surface area contributed by atoms with Gasteiger partial charge < -0.3 is 5.11 Å². The maximum atomic E-state index is 14.0. The van der Waals surface area contributed by atoms with Crippen LogP contribution in [0.5, 0.6) is 0 Å². The van der Waals surface area contributed by atoms with Crippen molar-refractivity contribution in [2.45, 2.75) is 38.2 Å². The molecule has 0 unspecified atom stereocenters. The number of hydrogen-bond donors (Lipinski definition) is 2. The highest BCUT2D eigenvalue weighted by molar-refractivity contribution is 9.10. The van der Waals surface area contributed by atoms with Crippen molar-refractivity contribution in [2.24, 2.45) is 0 Å². The Labute approximate surface area is 161 Å². The van der Waals surface area contributed by atoms with Gasteiger partial charge in [-0.25, -0.2) is 13.3 Å². The second-order valence-electron chi connectivity index (χ2n) is 6.16. The lowest BCUT2D eigenvalue weighted by molar-refractivity contribution is 0.284. The van der Waals surface area contributed by atoms with Crippen molar-refractivity contribution in [1.29, 1.82) is 0 Å². The number of thiophene rings is 1. The lowest BCUT2D eigenvalue weighted by Crippen LogP contribution is -2.36. The molecule has 2 atom stereocenters. The quantitative estimate of drug-likeness (QED) is 0.672. The van der Waals surface area contributed by atoms with Crippen molar-refractivity contribution < 1.29 is 13.7 Å². The predicted octanol–water partition coefficient (Wildman–Crippen LogP) is 4.94. The molecule has 24 heavy (non-hydrogen) atoms. The minimum Gasteiger partial charge on any atom is -0.391 e. The van der Waals surface area contributed by atoms with Crippen LogP contribution >= 0.6 is 38.9 Å². The minimum absolute atomic E-state index is 0.194. The molecule has 2 N–H and O–H groups in total. The fraction of sp³-hybridized carbons (Fsp3) is 0.375. The van der Waals surface area contributed by atoms with Crippen molar-refractivity contribution >= 4 is 49.9 Å². The van der Waals surface area contributed by atoms with E-state index in [4.69, 9.17) is 11.6 Å². The topological polar surface area (TPSA) is 49.3 Å². The molecule has 1 heterocycles. The van der Waals surface area contributed by atoms with Crippen LogP contribution in [-0.4, -0.2) is 14.1 Å². The Bertz CT molecular complexity index is 761. The van der Waals surface area contributed by atoms with E-state index < -0.39 is 27.6 Å². The Morgan fingerprint density at radius 1 is 1.42 bits per heavy atom. The summed E-state index contributed by atoms with van der Waals surface area (Å²) in [6.45, 7) is 5.35. The molecule has 0 aliphatic rings. The zero-order chi connectivity index (χ0) is 18.1. The van der Waals surface area contributed by atoms with Gasteiger partial charge in [-0.2, -0.15) is 0 Å². The molecule has 0 amide bonds. The van der Waals surface area contributed by atoms with Gasteiger partial charge in [0.15, 0.2) is 0 Å². The maximum absolute atomic E-state index is 14.0. The zero-order valence-electron chi connectivity index (χ0n) is 13.4. The van der Waals surface area contributed by atoms with E-state index in [9.17, 15) is 13.7 Å². The summed E-state index contributed by atoms with van der Waals surface area (Å²) >= 11 is 10.6. The Kier molecular flexibility index (Phi) is 6.61. The van der Waals surface area contributed by atoms with Crippen LogP contribution in [0, 0.1) is 5.82 Å². The lowest BCUT2D eigenvalue weighted by Gasteiger charge is -2.25. The molecular formula is C16H18BrClFNO2S2. The van der Waals surface area contributed by atoms with Crippen LogP contribution in [0.4, 0.5) is 4.39 Å². The summed E-state index contributed by atoms with van der Waals surface area (Å²) < 4.78 is 30.0. The number of aliphatic hydroxyl groups excluding tert-OH is 1. The van der Waals surface area contributed by atoms with Crippen molar-refractivity contribution in [3.05, 3.63) is 54.9 Å². The van der Waals surface area contributed by atoms with Gasteiger partial charge in [-0.3, -0.25) is 0 Å². The summed E-state index contributed by atoms with van der Waals surface area (Å²) in [5.74, 6) is -0.410. The van der Waals surface area contributed by atoms with Crippen LogP contribution in [0.25, 0.3) is 0 Å². The Balaban J connectivity index is 2.57. The van der Waals surface area contributed by atoms with Gasteiger partial charge in [0.25, 0.3) is 0 Å². The van der Waals surface area contributed by atoms with Crippen LogP contribution in [0.1, 0.15) is 42.8 Å². The largest absolute Gasteiger partial charge is 0.391 e. The molecule has 2 aromatic rings. The van der Waals surface area contributed by atoms with Crippen LogP contribution in [0.2, 0.25) is 4.34 Å². The van der Waals surface area contributed by atoms with Gasteiger partial charge in [-0.1, -0.05) is 23.7 Å². The number of benzene rings is 1. The van der Waals surface area contributed by atoms with Crippen molar-refractivity contribution in [1.82, 2.24) is 4.72 Å². The monoisotopic (exact) mass is 453 g/mol. The highest BCUT2D eigenvalue weighted by Crippen LogP contribution is 2.38. The zero-order valence-corrected chi connectivity index (χ0v) is 17.4. The second-order valence-corrected chi connectivity index (χ2v) is 10.7. The lowest BCUT2D eigenvalue weighted by atomic mass is 10.00. The summed E-state index contributed by atoms with van der Waals surface area (Å²) in [6, 6.07) is 5.83. The van der Waals surface area contributed by atoms with Gasteiger partial charge >= 0.3 is 0 Å². The first kappa shape index (κ1) is 20.0. The molecule has 3 nitrogen and oxygen atoms in total. The molecule has 132 valence electrons. The van der Waals surface area contributed by atoms with Crippen LogP contribution in [0.3, 0.4) is 0 Å². The highest BCUT2D eigenvalue weighted by atomic mass is 79.9. The van der Waals surface area contributed by atoms with Gasteiger partial charge in [0.05, 0.1) is 37.2 Å². The number of hydrogen-bond acceptors (Lipinski definition) is 3. The van der Waals surface area contributed by atoms with Gasteiger partial charge in [0.1, 0.15) is 5.82 Å². The number of halogens is 3. The molecule has 1 aromatic carbocycles. The number of aliphatic hydroxyl groups is 1. The maximum Gasteiger partial charge on any atom is 0.137 e. The van der Waals surface area contributed by atoms with Crippen molar-refractivity contribution in [3.8, 4) is 0 Å². The van der Waals surface area contributed by atoms with Gasteiger partial charge in [-0.05, 0) is 60.0 Å². The Morgan fingerprint density at radius 2 is 2.08 bits per heavy atom. The summed E-state index contributed by atoms with van der Waals surface area (Å²) in [6.07, 6.45) is 0. The van der Waals surface area contributed by atoms with Gasteiger partial charge in [-0.15, -0.1) is 11.3 Å². The molecule has 0 saturated carbocycles. The molecule has 0 aliphatic carbocycles. The predicted molar refractivity (Wildman–Crippen MR) is 102 cm³/mol. The fourth-order valence-electron chi connectivity index (χ4n) is 2.10. The van der Waals surface area contributed by atoms with Gasteiger partial charge in [0, 0.05) is 4.88 Å². The van der Waals surface area contributed by atoms with E-state index >= 15 is 0 Å². The standard InChI is InChI=1S/C16H18BrClFNO2S2/c1-16(2,3)24(22)20-15(9-5-4-6-11(19)14(9)17)10-7-13(18)23-12(10)8-21/h4-7,15,20-21H,8H2,1-3H3/t15-,24+/m0/s1. The number of rotatable bonds is 5. The van der Waals surface area contributed by atoms with E-state index in [1.165, 1.54) is 17.4 Å². The van der Waals surface area contributed by atoms with E-state index in [1.807, 2.05) is 20.8 Å². The SMILES string of the molecule is CC(C)(C)[S@@](=O)N[C@H](c1cc(Cl)sc1CO)c1cccc(F)c1Br. The summed E-state index contributed by atoms with van der Waals surface area (Å²) in [4.78, 5) is 0.652. The minimum atomic E-state index is -1.40. The average molecular weight is 455 g/mol. The van der Waals surface area contributed by atoms with Crippen LogP contribution < -0.4 is 4.72 Å². The van der Waals surface area contributed by atoms with Crippen molar-refractivity contribution in [2.75, 3.05) is 0 Å². The summed E-state index contributed by atoms with van der Waals surface area (Å²) in [5.41, 5.74) is 1.29. The van der Waals surface area contributed by atoms with E-state index in [1.54, 1.807) is 18.2 Å².